The average Bonchev–Trinajstić information content (AvgIpc) is 2.74. The number of carbonyl (C=O) groups excluding carboxylic acids is 3. The van der Waals surface area contributed by atoms with E-state index in [2.05, 4.69) is 16.6 Å². The Bertz CT molecular complexity index is 926. The van der Waals surface area contributed by atoms with Crippen LogP contribution in [-0.2, 0) is 14.3 Å². The van der Waals surface area contributed by atoms with E-state index in [4.69, 9.17) is 11.2 Å². The molecule has 0 spiro atoms. The molecule has 0 aromatic heterocycles. The van der Waals surface area contributed by atoms with Gasteiger partial charge in [0.2, 0.25) is 11.8 Å². The number of amides is 3. The van der Waals surface area contributed by atoms with Gasteiger partial charge in [0, 0.05) is 11.6 Å². The van der Waals surface area contributed by atoms with Crippen LogP contribution in [0, 0.1) is 23.7 Å². The molecule has 1 rings (SSSR count). The Hall–Kier alpha value is -3.17. The van der Waals surface area contributed by atoms with Crippen molar-refractivity contribution in [2.24, 2.45) is 0 Å². The lowest BCUT2D eigenvalue weighted by Crippen LogP contribution is -2.53. The lowest BCUT2D eigenvalue weighted by Gasteiger charge is -2.33. The van der Waals surface area contributed by atoms with Crippen molar-refractivity contribution in [3.05, 3.63) is 35.4 Å². The van der Waals surface area contributed by atoms with Crippen LogP contribution in [0.3, 0.4) is 0 Å². The highest BCUT2D eigenvalue weighted by molar-refractivity contribution is 7.98. The van der Waals surface area contributed by atoms with Crippen LogP contribution in [0.5, 0.6) is 0 Å². The quantitative estimate of drug-likeness (QED) is 0.388. The average molecular weight is 487 g/mol. The number of benzene rings is 1. The minimum Gasteiger partial charge on any atom is -0.444 e. The number of alkyl carbamates (subject to hydrolysis) is 1. The number of terminal acetylenes is 1. The van der Waals surface area contributed by atoms with Crippen molar-refractivity contribution in [3.63, 3.8) is 0 Å². The summed E-state index contributed by atoms with van der Waals surface area (Å²) in [5.74, 6) is 2.11. The predicted octanol–water partition coefficient (Wildman–Crippen LogP) is 3.23. The number of thioether (sulfide) groups is 1. The van der Waals surface area contributed by atoms with Crippen molar-refractivity contribution in [1.29, 1.82) is 5.26 Å². The van der Waals surface area contributed by atoms with E-state index in [1.165, 1.54) is 16.7 Å². The minimum atomic E-state index is -1.08. The van der Waals surface area contributed by atoms with E-state index < -0.39 is 35.6 Å². The molecule has 1 aromatic carbocycles. The summed E-state index contributed by atoms with van der Waals surface area (Å²) in [7, 11) is 0. The number of nitrogens with zero attached hydrogens (tertiary/aromatic N) is 2. The van der Waals surface area contributed by atoms with Gasteiger partial charge in [0.15, 0.2) is 0 Å². The zero-order chi connectivity index (χ0) is 25.9. The zero-order valence-corrected chi connectivity index (χ0v) is 21.5. The molecule has 0 bridgehead atoms. The maximum Gasteiger partial charge on any atom is 0.408 e. The maximum atomic E-state index is 13.7. The van der Waals surface area contributed by atoms with Crippen LogP contribution in [0.1, 0.15) is 58.2 Å². The Morgan fingerprint density at radius 3 is 2.26 bits per heavy atom. The van der Waals surface area contributed by atoms with E-state index >= 15 is 0 Å². The molecule has 2 N–H and O–H groups in total. The van der Waals surface area contributed by atoms with Crippen molar-refractivity contribution in [2.75, 3.05) is 18.6 Å². The lowest BCUT2D eigenvalue weighted by molar-refractivity contribution is -0.142. The molecule has 184 valence electrons. The van der Waals surface area contributed by atoms with Crippen LogP contribution in [0.2, 0.25) is 0 Å². The number of hydrogen-bond donors (Lipinski definition) is 2. The van der Waals surface area contributed by atoms with Crippen LogP contribution < -0.4 is 10.6 Å². The first-order chi connectivity index (χ1) is 15.9. The summed E-state index contributed by atoms with van der Waals surface area (Å²) in [5.41, 5.74) is 0.373. The molecule has 0 saturated heterocycles. The molecular formula is C25H34N4O4S. The molecule has 0 aliphatic carbocycles. The summed E-state index contributed by atoms with van der Waals surface area (Å²) >= 11 is 1.51. The Balaban J connectivity index is 3.41. The largest absolute Gasteiger partial charge is 0.444 e. The molecule has 0 aliphatic rings. The Kier molecular flexibility index (Phi) is 11.5. The Labute approximate surface area is 206 Å². The molecule has 0 aliphatic heterocycles. The molecule has 0 saturated carbocycles. The van der Waals surface area contributed by atoms with Crippen molar-refractivity contribution in [3.8, 4) is 18.4 Å². The van der Waals surface area contributed by atoms with Gasteiger partial charge >= 0.3 is 6.09 Å². The van der Waals surface area contributed by atoms with Crippen LogP contribution in [0.25, 0.3) is 0 Å². The van der Waals surface area contributed by atoms with Gasteiger partial charge in [-0.25, -0.2) is 4.79 Å². The molecule has 0 radical (unpaired) electrons. The van der Waals surface area contributed by atoms with Gasteiger partial charge in [-0.15, -0.1) is 6.42 Å². The van der Waals surface area contributed by atoms with Crippen LogP contribution in [-0.4, -0.2) is 59.0 Å². The van der Waals surface area contributed by atoms with Gasteiger partial charge in [0.1, 0.15) is 24.2 Å². The van der Waals surface area contributed by atoms with Gasteiger partial charge < -0.3 is 20.3 Å². The molecule has 1 aromatic rings. The number of nitrogens with one attached hydrogen (secondary N) is 2. The summed E-state index contributed by atoms with van der Waals surface area (Å²) in [6, 6.07) is 6.39. The summed E-state index contributed by atoms with van der Waals surface area (Å²) in [4.78, 5) is 40.5. The second-order valence-corrected chi connectivity index (χ2v) is 9.92. The number of ether oxygens (including phenoxy) is 1. The standard InChI is InChI=1S/C25H34N4O4S/c1-8-18-9-11-19(12-10-18)21(22(30)27-17(2)3)29(15-14-26)23(31)20(13-16-34-7)28-24(32)33-25(4,5)6/h1,9-12,17,20-21H,13,15-16H2,2-7H3,(H,27,30)(H,28,32). The highest BCUT2D eigenvalue weighted by Gasteiger charge is 2.36. The fourth-order valence-electron chi connectivity index (χ4n) is 3.11. The van der Waals surface area contributed by atoms with E-state index in [1.807, 2.05) is 12.3 Å². The zero-order valence-electron chi connectivity index (χ0n) is 20.7. The van der Waals surface area contributed by atoms with E-state index in [0.29, 0.717) is 23.3 Å². The number of rotatable bonds is 10. The molecule has 8 nitrogen and oxygen atoms in total. The predicted molar refractivity (Wildman–Crippen MR) is 134 cm³/mol. The molecule has 0 fully saturated rings. The van der Waals surface area contributed by atoms with Gasteiger partial charge in [-0.1, -0.05) is 18.1 Å². The van der Waals surface area contributed by atoms with E-state index in [1.54, 1.807) is 58.9 Å². The Morgan fingerprint density at radius 2 is 1.79 bits per heavy atom. The molecule has 2 atom stereocenters. The lowest BCUT2D eigenvalue weighted by atomic mass is 10.0. The summed E-state index contributed by atoms with van der Waals surface area (Å²) in [6.07, 6.45) is 6.88. The molecule has 2 unspecified atom stereocenters. The van der Waals surface area contributed by atoms with Gasteiger partial charge in [-0.05, 0) is 70.7 Å². The first-order valence-electron chi connectivity index (χ1n) is 11.0. The van der Waals surface area contributed by atoms with Crippen molar-refractivity contribution < 1.29 is 19.1 Å². The highest BCUT2D eigenvalue weighted by Crippen LogP contribution is 2.24. The smallest absolute Gasteiger partial charge is 0.408 e. The first kappa shape index (κ1) is 28.9. The third-order valence-electron chi connectivity index (χ3n) is 4.51. The monoisotopic (exact) mass is 486 g/mol. The topological polar surface area (TPSA) is 112 Å². The maximum absolute atomic E-state index is 13.7. The van der Waals surface area contributed by atoms with Crippen molar-refractivity contribution in [2.45, 2.75) is 64.8 Å². The summed E-state index contributed by atoms with van der Waals surface area (Å²) < 4.78 is 5.32. The van der Waals surface area contributed by atoms with Gasteiger partial charge in [0.25, 0.3) is 0 Å². The second kappa shape index (κ2) is 13.5. The normalized spacial score (nSPS) is 12.6. The number of carbonyl (C=O) groups is 3. The molecule has 0 heterocycles. The third kappa shape index (κ3) is 9.36. The van der Waals surface area contributed by atoms with Crippen LogP contribution in [0.4, 0.5) is 4.79 Å². The van der Waals surface area contributed by atoms with Gasteiger partial charge in [0.05, 0.1) is 6.07 Å². The number of nitriles is 1. The van der Waals surface area contributed by atoms with Gasteiger partial charge in [-0.2, -0.15) is 17.0 Å². The van der Waals surface area contributed by atoms with E-state index in [0.717, 1.165) is 0 Å². The van der Waals surface area contributed by atoms with Gasteiger partial charge in [-0.3, -0.25) is 9.59 Å². The first-order valence-corrected chi connectivity index (χ1v) is 12.4. The van der Waals surface area contributed by atoms with Crippen molar-refractivity contribution in [1.82, 2.24) is 15.5 Å². The number of hydrogen-bond acceptors (Lipinski definition) is 6. The fraction of sp³-hybridized carbons (Fsp3) is 0.520. The summed E-state index contributed by atoms with van der Waals surface area (Å²) in [6.45, 7) is 8.42. The van der Waals surface area contributed by atoms with Crippen molar-refractivity contribution >= 4 is 29.7 Å². The minimum absolute atomic E-state index is 0.189. The second-order valence-electron chi connectivity index (χ2n) is 8.94. The fourth-order valence-corrected chi connectivity index (χ4v) is 3.59. The summed E-state index contributed by atoms with van der Waals surface area (Å²) in [5, 5.41) is 14.9. The highest BCUT2D eigenvalue weighted by atomic mass is 32.2. The molecule has 34 heavy (non-hydrogen) atoms. The molecule has 3 amide bonds. The Morgan fingerprint density at radius 1 is 1.18 bits per heavy atom. The van der Waals surface area contributed by atoms with E-state index in [9.17, 15) is 19.6 Å². The van der Waals surface area contributed by atoms with Crippen LogP contribution >= 0.6 is 11.8 Å². The van der Waals surface area contributed by atoms with Crippen LogP contribution in [0.15, 0.2) is 24.3 Å². The molecule has 9 heteroatoms. The van der Waals surface area contributed by atoms with E-state index in [-0.39, 0.29) is 12.6 Å². The third-order valence-corrected chi connectivity index (χ3v) is 5.15. The SMILES string of the molecule is C#Cc1ccc(C(C(=O)NC(C)C)N(CC#N)C(=O)C(CCSC)NC(=O)OC(C)(C)C)cc1. The molecular weight excluding hydrogens is 452 g/mol.